The van der Waals surface area contributed by atoms with Crippen molar-refractivity contribution in [2.24, 2.45) is 0 Å². The molecular weight excluding hydrogens is 563 g/mol. The lowest BCUT2D eigenvalue weighted by Crippen LogP contribution is -2.20. The topological polar surface area (TPSA) is 64.4 Å². The minimum Gasteiger partial charge on any atom is -0.484 e. The first kappa shape index (κ1) is 23.2. The number of carbonyl (C=O) groups excluding carboxylic acids is 1. The fourth-order valence-corrected chi connectivity index (χ4v) is 5.09. The van der Waals surface area contributed by atoms with Crippen molar-refractivity contribution in [2.75, 3.05) is 11.9 Å². The average molecular weight is 587 g/mol. The van der Waals surface area contributed by atoms with Crippen LogP contribution in [0.25, 0.3) is 22.6 Å². The molecule has 4 aromatic rings. The average Bonchev–Trinajstić information content (AvgIpc) is 3.28. The lowest BCUT2D eigenvalue weighted by molar-refractivity contribution is -0.118. The minimum atomic E-state index is -0.236. The maximum atomic E-state index is 12.4. The molecule has 174 valence electrons. The van der Waals surface area contributed by atoms with E-state index < -0.39 is 0 Å². The van der Waals surface area contributed by atoms with Gasteiger partial charge >= 0.3 is 0 Å². The van der Waals surface area contributed by atoms with E-state index in [2.05, 4.69) is 45.0 Å². The van der Waals surface area contributed by atoms with Gasteiger partial charge < -0.3 is 14.5 Å². The van der Waals surface area contributed by atoms with Gasteiger partial charge in [-0.1, -0.05) is 43.0 Å². The zero-order chi connectivity index (χ0) is 23.5. The van der Waals surface area contributed by atoms with Crippen LogP contribution in [0.5, 0.6) is 5.75 Å². The van der Waals surface area contributed by atoms with Crippen LogP contribution < -0.4 is 10.1 Å². The van der Waals surface area contributed by atoms with Crippen LogP contribution in [0.2, 0.25) is 5.02 Å². The molecule has 7 heteroatoms. The molecule has 1 N–H and O–H groups in total. The number of hydrogen-bond donors (Lipinski definition) is 1. The lowest BCUT2D eigenvalue weighted by Gasteiger charge is -2.22. The highest BCUT2D eigenvalue weighted by atomic mass is 127. The Morgan fingerprint density at radius 3 is 2.65 bits per heavy atom. The number of nitrogens with zero attached hydrogens (tertiary/aromatic N) is 1. The number of nitrogens with one attached hydrogen (secondary N) is 1. The van der Waals surface area contributed by atoms with Crippen LogP contribution in [-0.2, 0) is 4.79 Å². The monoisotopic (exact) mass is 586 g/mol. The fraction of sp³-hybridized carbons (Fsp3) is 0.259. The first-order chi connectivity index (χ1) is 16.5. The number of oxazole rings is 1. The third kappa shape index (κ3) is 5.39. The number of ether oxygens (including phenoxy) is 1. The largest absolute Gasteiger partial charge is 0.484 e. The number of hydrogen-bond acceptors (Lipinski definition) is 4. The molecule has 0 saturated heterocycles. The molecule has 1 fully saturated rings. The second-order valence-electron chi connectivity index (χ2n) is 8.57. The Balaban J connectivity index is 1.21. The molecule has 1 aliphatic rings. The van der Waals surface area contributed by atoms with Crippen LogP contribution >= 0.6 is 34.2 Å². The standard InChI is InChI=1S/C27H24ClIN2O3/c28-23-12-8-19(29)14-22(23)27-31-24-15-20(9-13-25(24)34-27)30-26(32)16-33-21-10-6-18(7-11-21)17-4-2-1-3-5-17/h6-15,17H,1-5,16H2,(H,30,32). The van der Waals surface area contributed by atoms with Gasteiger partial charge in [-0.25, -0.2) is 4.98 Å². The summed E-state index contributed by atoms with van der Waals surface area (Å²) in [5, 5.41) is 3.44. The summed E-state index contributed by atoms with van der Waals surface area (Å²) in [5.41, 5.74) is 3.99. The first-order valence-corrected chi connectivity index (χ1v) is 12.9. The summed E-state index contributed by atoms with van der Waals surface area (Å²) >= 11 is 8.54. The van der Waals surface area contributed by atoms with Crippen molar-refractivity contribution in [2.45, 2.75) is 38.0 Å². The van der Waals surface area contributed by atoms with Crippen LogP contribution in [-0.4, -0.2) is 17.5 Å². The van der Waals surface area contributed by atoms with E-state index in [-0.39, 0.29) is 12.5 Å². The summed E-state index contributed by atoms with van der Waals surface area (Å²) < 4.78 is 12.6. The summed E-state index contributed by atoms with van der Waals surface area (Å²) in [7, 11) is 0. The highest BCUT2D eigenvalue weighted by Crippen LogP contribution is 2.34. The molecule has 1 amide bonds. The predicted octanol–water partition coefficient (Wildman–Crippen LogP) is 7.82. The van der Waals surface area contributed by atoms with E-state index in [1.807, 2.05) is 30.3 Å². The van der Waals surface area contributed by atoms with Gasteiger partial charge in [-0.3, -0.25) is 4.79 Å². The Bertz CT molecular complexity index is 1310. The van der Waals surface area contributed by atoms with Gasteiger partial charge in [-0.05, 0) is 95.4 Å². The number of halogens is 2. The van der Waals surface area contributed by atoms with Crippen LogP contribution in [0.4, 0.5) is 5.69 Å². The maximum Gasteiger partial charge on any atom is 0.262 e. The van der Waals surface area contributed by atoms with Crippen molar-refractivity contribution in [3.8, 4) is 17.2 Å². The highest BCUT2D eigenvalue weighted by Gasteiger charge is 2.16. The molecule has 1 heterocycles. The zero-order valence-electron chi connectivity index (χ0n) is 18.5. The number of rotatable bonds is 6. The fourth-order valence-electron chi connectivity index (χ4n) is 4.40. The van der Waals surface area contributed by atoms with Crippen molar-refractivity contribution in [3.63, 3.8) is 0 Å². The summed E-state index contributed by atoms with van der Waals surface area (Å²) in [4.78, 5) is 17.0. The van der Waals surface area contributed by atoms with E-state index in [1.54, 1.807) is 18.2 Å². The molecular formula is C27H24ClIN2O3. The molecule has 34 heavy (non-hydrogen) atoms. The third-order valence-electron chi connectivity index (χ3n) is 6.16. The zero-order valence-corrected chi connectivity index (χ0v) is 21.4. The van der Waals surface area contributed by atoms with Gasteiger partial charge in [0.2, 0.25) is 5.89 Å². The van der Waals surface area contributed by atoms with Crippen LogP contribution in [0.3, 0.4) is 0 Å². The Labute approximate surface area is 217 Å². The first-order valence-electron chi connectivity index (χ1n) is 11.4. The number of amides is 1. The SMILES string of the molecule is O=C(COc1ccc(C2CCCCC2)cc1)Nc1ccc2oc(-c3cc(I)ccc3Cl)nc2c1. The smallest absolute Gasteiger partial charge is 0.262 e. The van der Waals surface area contributed by atoms with Crippen molar-refractivity contribution < 1.29 is 13.9 Å². The van der Waals surface area contributed by atoms with Crippen molar-refractivity contribution in [1.82, 2.24) is 4.98 Å². The van der Waals surface area contributed by atoms with Crippen LogP contribution in [0.1, 0.15) is 43.6 Å². The second-order valence-corrected chi connectivity index (χ2v) is 10.2. The van der Waals surface area contributed by atoms with Gasteiger partial charge in [-0.15, -0.1) is 0 Å². The Morgan fingerprint density at radius 1 is 1.06 bits per heavy atom. The van der Waals surface area contributed by atoms with E-state index in [4.69, 9.17) is 20.8 Å². The van der Waals surface area contributed by atoms with Gasteiger partial charge in [0, 0.05) is 9.26 Å². The molecule has 0 aliphatic heterocycles. The van der Waals surface area contributed by atoms with Gasteiger partial charge in [0.1, 0.15) is 11.3 Å². The molecule has 0 radical (unpaired) electrons. The van der Waals surface area contributed by atoms with Gasteiger partial charge in [0.05, 0.1) is 10.6 Å². The number of anilines is 1. The maximum absolute atomic E-state index is 12.4. The molecule has 1 aliphatic carbocycles. The molecule has 0 bridgehead atoms. The highest BCUT2D eigenvalue weighted by molar-refractivity contribution is 14.1. The molecule has 5 nitrogen and oxygen atoms in total. The van der Waals surface area contributed by atoms with E-state index in [0.29, 0.717) is 39.4 Å². The summed E-state index contributed by atoms with van der Waals surface area (Å²) in [6, 6.07) is 19.2. The number of aromatic nitrogens is 1. The number of benzene rings is 3. The van der Waals surface area contributed by atoms with E-state index in [1.165, 1.54) is 37.7 Å². The Kier molecular flexibility index (Phi) is 7.06. The number of fused-ring (bicyclic) bond motifs is 1. The Hall–Kier alpha value is -2.58. The van der Waals surface area contributed by atoms with Gasteiger partial charge in [0.15, 0.2) is 12.2 Å². The summed E-state index contributed by atoms with van der Waals surface area (Å²) in [6.45, 7) is -0.0665. The molecule has 0 spiro atoms. The van der Waals surface area contributed by atoms with E-state index in [9.17, 15) is 4.79 Å². The molecule has 5 rings (SSSR count). The molecule has 1 aromatic heterocycles. The van der Waals surface area contributed by atoms with Gasteiger partial charge in [-0.2, -0.15) is 0 Å². The van der Waals surface area contributed by atoms with E-state index in [0.717, 1.165) is 9.13 Å². The van der Waals surface area contributed by atoms with Crippen molar-refractivity contribution >= 4 is 56.9 Å². The predicted molar refractivity (Wildman–Crippen MR) is 144 cm³/mol. The van der Waals surface area contributed by atoms with Crippen LogP contribution in [0, 0.1) is 3.57 Å². The molecule has 1 saturated carbocycles. The summed E-state index contributed by atoms with van der Waals surface area (Å²) in [6.07, 6.45) is 6.49. The number of carbonyl (C=O) groups is 1. The lowest BCUT2D eigenvalue weighted by atomic mass is 9.84. The molecule has 3 aromatic carbocycles. The summed E-state index contributed by atoms with van der Waals surface area (Å²) in [5.74, 6) is 1.56. The normalized spacial score (nSPS) is 14.3. The second kappa shape index (κ2) is 10.4. The van der Waals surface area contributed by atoms with Crippen LogP contribution in [0.15, 0.2) is 65.1 Å². The molecule has 0 atom stereocenters. The van der Waals surface area contributed by atoms with Crippen molar-refractivity contribution in [3.05, 3.63) is 74.8 Å². The molecule has 0 unspecified atom stereocenters. The van der Waals surface area contributed by atoms with Crippen molar-refractivity contribution in [1.29, 1.82) is 0 Å². The Morgan fingerprint density at radius 2 is 1.85 bits per heavy atom. The minimum absolute atomic E-state index is 0.0665. The van der Waals surface area contributed by atoms with Gasteiger partial charge in [0.25, 0.3) is 5.91 Å². The van der Waals surface area contributed by atoms with E-state index >= 15 is 0 Å². The third-order valence-corrected chi connectivity index (χ3v) is 7.16. The quantitative estimate of drug-likeness (QED) is 0.234.